The van der Waals surface area contributed by atoms with Gasteiger partial charge in [0.15, 0.2) is 9.84 Å². The molecule has 102 valence electrons. The molecule has 18 heavy (non-hydrogen) atoms. The lowest BCUT2D eigenvalue weighted by atomic mass is 9.95. The Kier molecular flexibility index (Phi) is 4.16. The minimum absolute atomic E-state index is 0.391. The van der Waals surface area contributed by atoms with Crippen LogP contribution in [0.25, 0.3) is 0 Å². The highest BCUT2D eigenvalue weighted by Gasteiger charge is 2.39. The van der Waals surface area contributed by atoms with Gasteiger partial charge in [0.1, 0.15) is 0 Å². The van der Waals surface area contributed by atoms with Gasteiger partial charge >= 0.3 is 0 Å². The van der Waals surface area contributed by atoms with Crippen LogP contribution in [-0.4, -0.2) is 24.5 Å². The number of hydrogen-bond acceptors (Lipinski definition) is 3. The summed E-state index contributed by atoms with van der Waals surface area (Å²) in [4.78, 5) is 0. The molecule has 0 radical (unpaired) electrons. The molecule has 3 nitrogen and oxygen atoms in total. The first kappa shape index (κ1) is 15.5. The normalized spacial score (nSPS) is 14.6. The van der Waals surface area contributed by atoms with E-state index in [-0.39, 0.29) is 0 Å². The van der Waals surface area contributed by atoms with E-state index in [1.807, 2.05) is 13.8 Å². The Morgan fingerprint density at radius 2 is 1.67 bits per heavy atom. The van der Waals surface area contributed by atoms with Crippen LogP contribution in [0.5, 0.6) is 0 Å². The van der Waals surface area contributed by atoms with Crippen molar-refractivity contribution in [2.45, 2.75) is 38.5 Å². The van der Waals surface area contributed by atoms with Crippen molar-refractivity contribution in [3.05, 3.63) is 33.8 Å². The van der Waals surface area contributed by atoms with Gasteiger partial charge in [-0.05, 0) is 44.9 Å². The van der Waals surface area contributed by atoms with Gasteiger partial charge in [0.05, 0.1) is 10.9 Å². The standard InChI is InChI=1S/C13H19ClO3S/c1-8-6-10(11(14)7-9(8)2)12(15)13(3,4)18(5,16)17/h6-7,12,15H,1-5H3. The summed E-state index contributed by atoms with van der Waals surface area (Å²) in [5.74, 6) is 0. The van der Waals surface area contributed by atoms with Gasteiger partial charge in [0, 0.05) is 16.8 Å². The molecule has 0 saturated carbocycles. The van der Waals surface area contributed by atoms with Gasteiger partial charge in [-0.1, -0.05) is 17.7 Å². The number of aliphatic hydroxyl groups is 1. The molecule has 0 saturated heterocycles. The van der Waals surface area contributed by atoms with Gasteiger partial charge in [-0.3, -0.25) is 0 Å². The molecule has 1 aromatic rings. The first-order chi connectivity index (χ1) is 7.98. The molecule has 0 aliphatic heterocycles. The van der Waals surface area contributed by atoms with Crippen LogP contribution in [-0.2, 0) is 9.84 Å². The molecule has 0 fully saturated rings. The first-order valence-corrected chi connectivity index (χ1v) is 7.89. The van der Waals surface area contributed by atoms with Crippen molar-refractivity contribution in [1.82, 2.24) is 0 Å². The highest BCUT2D eigenvalue weighted by molar-refractivity contribution is 7.92. The summed E-state index contributed by atoms with van der Waals surface area (Å²) in [7, 11) is -3.40. The van der Waals surface area contributed by atoms with Gasteiger partial charge in [0.2, 0.25) is 0 Å². The van der Waals surface area contributed by atoms with E-state index < -0.39 is 20.7 Å². The van der Waals surface area contributed by atoms with Gasteiger partial charge in [-0.2, -0.15) is 0 Å². The van der Waals surface area contributed by atoms with Gasteiger partial charge in [-0.25, -0.2) is 8.42 Å². The summed E-state index contributed by atoms with van der Waals surface area (Å²) < 4.78 is 22.2. The van der Waals surface area contributed by atoms with E-state index in [1.165, 1.54) is 13.8 Å². The predicted octanol–water partition coefficient (Wildman–Crippen LogP) is 2.81. The van der Waals surface area contributed by atoms with Crippen molar-refractivity contribution in [3.8, 4) is 0 Å². The maximum atomic E-state index is 11.7. The Bertz CT molecular complexity index is 562. The largest absolute Gasteiger partial charge is 0.387 e. The lowest BCUT2D eigenvalue weighted by Gasteiger charge is -2.29. The average molecular weight is 291 g/mol. The molecule has 0 aliphatic rings. The Morgan fingerprint density at radius 1 is 1.22 bits per heavy atom. The molecular weight excluding hydrogens is 272 g/mol. The topological polar surface area (TPSA) is 54.4 Å². The quantitative estimate of drug-likeness (QED) is 0.931. The summed E-state index contributed by atoms with van der Waals surface area (Å²) in [6.07, 6.45) is -0.0372. The maximum absolute atomic E-state index is 11.7. The molecular formula is C13H19ClO3S. The van der Waals surface area contributed by atoms with Crippen molar-refractivity contribution in [1.29, 1.82) is 0 Å². The van der Waals surface area contributed by atoms with E-state index in [9.17, 15) is 13.5 Å². The van der Waals surface area contributed by atoms with Crippen molar-refractivity contribution < 1.29 is 13.5 Å². The number of benzene rings is 1. The van der Waals surface area contributed by atoms with Crippen molar-refractivity contribution in [2.24, 2.45) is 0 Å². The highest BCUT2D eigenvalue weighted by atomic mass is 35.5. The summed E-state index contributed by atoms with van der Waals surface area (Å²) >= 11 is 6.10. The van der Waals surface area contributed by atoms with E-state index in [0.717, 1.165) is 17.4 Å². The predicted molar refractivity (Wildman–Crippen MR) is 74.8 cm³/mol. The van der Waals surface area contributed by atoms with Crippen molar-refractivity contribution in [3.63, 3.8) is 0 Å². The number of halogens is 1. The second-order valence-corrected chi connectivity index (χ2v) is 8.24. The molecule has 0 aliphatic carbocycles. The Hall–Kier alpha value is -0.580. The second-order valence-electron chi connectivity index (χ2n) is 5.24. The van der Waals surface area contributed by atoms with Crippen LogP contribution in [0.1, 0.15) is 36.6 Å². The Labute approximate surface area is 114 Å². The van der Waals surface area contributed by atoms with E-state index in [1.54, 1.807) is 12.1 Å². The summed E-state index contributed by atoms with van der Waals surface area (Å²) in [6, 6.07) is 3.49. The molecule has 1 N–H and O–H groups in total. The van der Waals surface area contributed by atoms with Crippen LogP contribution in [0.15, 0.2) is 12.1 Å². The van der Waals surface area contributed by atoms with E-state index in [2.05, 4.69) is 0 Å². The Morgan fingerprint density at radius 3 is 2.11 bits per heavy atom. The maximum Gasteiger partial charge on any atom is 0.155 e. The number of rotatable bonds is 3. The van der Waals surface area contributed by atoms with Crippen LogP contribution in [0.3, 0.4) is 0 Å². The van der Waals surface area contributed by atoms with Crippen molar-refractivity contribution >= 4 is 21.4 Å². The van der Waals surface area contributed by atoms with Crippen LogP contribution < -0.4 is 0 Å². The lowest BCUT2D eigenvalue weighted by molar-refractivity contribution is 0.139. The SMILES string of the molecule is Cc1cc(Cl)c(C(O)C(C)(C)S(C)(=O)=O)cc1C. The number of sulfone groups is 1. The Balaban J connectivity index is 3.36. The van der Waals surface area contributed by atoms with Gasteiger partial charge < -0.3 is 5.11 Å². The minimum Gasteiger partial charge on any atom is -0.387 e. The molecule has 0 amide bonds. The fraction of sp³-hybridized carbons (Fsp3) is 0.538. The fourth-order valence-electron chi connectivity index (χ4n) is 1.59. The molecule has 0 heterocycles. The third kappa shape index (κ3) is 2.71. The zero-order valence-electron chi connectivity index (χ0n) is 11.3. The number of aliphatic hydroxyl groups excluding tert-OH is 1. The smallest absolute Gasteiger partial charge is 0.155 e. The highest BCUT2D eigenvalue weighted by Crippen LogP contribution is 2.36. The van der Waals surface area contributed by atoms with E-state index in [0.29, 0.717) is 10.6 Å². The van der Waals surface area contributed by atoms with Crippen LogP contribution in [0.4, 0.5) is 0 Å². The van der Waals surface area contributed by atoms with E-state index >= 15 is 0 Å². The van der Waals surface area contributed by atoms with Crippen LogP contribution in [0, 0.1) is 13.8 Å². The molecule has 1 atom stereocenters. The molecule has 1 aromatic carbocycles. The third-order valence-corrected chi connectivity index (χ3v) is 5.98. The van der Waals surface area contributed by atoms with Crippen LogP contribution >= 0.6 is 11.6 Å². The lowest BCUT2D eigenvalue weighted by Crippen LogP contribution is -2.38. The fourth-order valence-corrected chi connectivity index (χ4v) is 2.44. The second kappa shape index (κ2) is 4.83. The molecule has 5 heteroatoms. The monoisotopic (exact) mass is 290 g/mol. The van der Waals surface area contributed by atoms with Gasteiger partial charge in [-0.15, -0.1) is 0 Å². The molecule has 1 unspecified atom stereocenters. The van der Waals surface area contributed by atoms with Crippen molar-refractivity contribution in [2.75, 3.05) is 6.26 Å². The molecule has 1 rings (SSSR count). The molecule has 0 aromatic heterocycles. The average Bonchev–Trinajstić information content (AvgIpc) is 2.20. The third-order valence-electron chi connectivity index (χ3n) is 3.52. The summed E-state index contributed by atoms with van der Waals surface area (Å²) in [5.41, 5.74) is 2.43. The van der Waals surface area contributed by atoms with E-state index in [4.69, 9.17) is 11.6 Å². The molecule has 0 spiro atoms. The summed E-state index contributed by atoms with van der Waals surface area (Å²) in [6.45, 7) is 6.81. The zero-order chi connectivity index (χ0) is 14.3. The zero-order valence-corrected chi connectivity index (χ0v) is 12.9. The van der Waals surface area contributed by atoms with Crippen LogP contribution in [0.2, 0.25) is 5.02 Å². The first-order valence-electron chi connectivity index (χ1n) is 5.62. The minimum atomic E-state index is -3.40. The molecule has 0 bridgehead atoms. The van der Waals surface area contributed by atoms with Gasteiger partial charge in [0.25, 0.3) is 0 Å². The number of hydrogen-bond donors (Lipinski definition) is 1. The number of aryl methyl sites for hydroxylation is 2. The summed E-state index contributed by atoms with van der Waals surface area (Å²) in [5, 5.41) is 10.7.